The summed E-state index contributed by atoms with van der Waals surface area (Å²) < 4.78 is 0. The van der Waals surface area contributed by atoms with Gasteiger partial charge in [-0.25, -0.2) is 0 Å². The van der Waals surface area contributed by atoms with Crippen LogP contribution >= 0.6 is 0 Å². The number of carbonyl (C=O) groups is 1. The summed E-state index contributed by atoms with van der Waals surface area (Å²) in [6.07, 6.45) is 1.82. The maximum Gasteiger partial charge on any atom is 0.214 e. The Morgan fingerprint density at radius 3 is 2.38 bits per heavy atom. The van der Waals surface area contributed by atoms with Gasteiger partial charge >= 0.3 is 0 Å². The highest BCUT2D eigenvalue weighted by molar-refractivity contribution is 5.80. The molecule has 1 amide bonds. The molecule has 0 aliphatic heterocycles. The van der Waals surface area contributed by atoms with E-state index in [2.05, 4.69) is 0 Å². The van der Waals surface area contributed by atoms with Crippen molar-refractivity contribution in [2.45, 2.75) is 12.8 Å². The zero-order chi connectivity index (χ0) is 6.15. The van der Waals surface area contributed by atoms with Crippen LogP contribution in [-0.2, 0) is 4.79 Å². The largest absolute Gasteiger partial charge is 0.756 e. The monoisotopic (exact) mass is 114 g/mol. The number of rotatable bonds is 1. The maximum absolute atomic E-state index is 10.5. The van der Waals surface area contributed by atoms with Crippen LogP contribution in [0.25, 0.3) is 0 Å². The van der Waals surface area contributed by atoms with Crippen LogP contribution in [0.15, 0.2) is 0 Å². The Balaban J connectivity index is 2.33. The quantitative estimate of drug-likeness (QED) is 0.462. The van der Waals surface area contributed by atoms with Crippen molar-refractivity contribution in [2.75, 3.05) is 7.05 Å². The van der Waals surface area contributed by atoms with E-state index >= 15 is 0 Å². The van der Waals surface area contributed by atoms with Crippen LogP contribution in [0, 0.1) is 11.1 Å². The van der Waals surface area contributed by atoms with Crippen molar-refractivity contribution in [3.8, 4) is 0 Å². The van der Waals surface area contributed by atoms with Crippen molar-refractivity contribution in [3.63, 3.8) is 0 Å². The van der Waals surface area contributed by atoms with E-state index in [1.165, 1.54) is 7.05 Å². The van der Waals surface area contributed by atoms with Gasteiger partial charge in [0.05, 0.1) is 0 Å². The summed E-state index contributed by atoms with van der Waals surface area (Å²) in [7, 11) is 1.25. The zero-order valence-electron chi connectivity index (χ0n) is 4.76. The van der Waals surface area contributed by atoms with Crippen LogP contribution in [0.4, 0.5) is 0 Å². The molecule has 1 rings (SSSR count). The summed E-state index contributed by atoms with van der Waals surface area (Å²) in [5.41, 5.74) is 0. The molecule has 0 aromatic rings. The van der Waals surface area contributed by atoms with E-state index in [-0.39, 0.29) is 11.8 Å². The first-order valence-corrected chi connectivity index (χ1v) is 2.66. The summed E-state index contributed by atoms with van der Waals surface area (Å²) in [6, 6.07) is 0. The van der Waals surface area contributed by atoms with E-state index in [1.807, 2.05) is 0 Å². The van der Waals surface area contributed by atoms with E-state index in [9.17, 15) is 10.0 Å². The van der Waals surface area contributed by atoms with Gasteiger partial charge in [0.15, 0.2) is 0 Å². The number of nitrogens with zero attached hydrogens (tertiary/aromatic N) is 1. The standard InChI is InChI=1S/C5H8NO2/c1-6(8)5(7)4-2-3-4/h4H,2-3H2,1H3/q-1. The fraction of sp³-hybridized carbons (Fsp3) is 0.800. The lowest BCUT2D eigenvalue weighted by atomic mass is 10.4. The van der Waals surface area contributed by atoms with Gasteiger partial charge in [-0.1, -0.05) is 0 Å². The molecule has 0 heterocycles. The van der Waals surface area contributed by atoms with Gasteiger partial charge in [-0.2, -0.15) is 0 Å². The van der Waals surface area contributed by atoms with Crippen LogP contribution in [0.2, 0.25) is 0 Å². The Bertz CT molecular complexity index is 103. The number of hydroxylamine groups is 2. The van der Waals surface area contributed by atoms with Gasteiger partial charge in [0.1, 0.15) is 0 Å². The Hall–Kier alpha value is -0.570. The molecule has 0 saturated heterocycles. The third-order valence-electron chi connectivity index (χ3n) is 1.24. The molecule has 46 valence electrons. The first-order chi connectivity index (χ1) is 3.72. The molecule has 0 aromatic carbocycles. The average molecular weight is 114 g/mol. The average Bonchev–Trinajstić information content (AvgIpc) is 2.43. The molecule has 0 bridgehead atoms. The molecule has 3 nitrogen and oxygen atoms in total. The highest BCUT2D eigenvalue weighted by atomic mass is 16.5. The Labute approximate surface area is 47.9 Å². The van der Waals surface area contributed by atoms with Gasteiger partial charge < -0.3 is 10.3 Å². The van der Waals surface area contributed by atoms with E-state index in [1.54, 1.807) is 0 Å². The van der Waals surface area contributed by atoms with Gasteiger partial charge in [-0.15, -0.1) is 0 Å². The third-order valence-corrected chi connectivity index (χ3v) is 1.24. The van der Waals surface area contributed by atoms with Crippen molar-refractivity contribution < 1.29 is 4.79 Å². The predicted molar refractivity (Wildman–Crippen MR) is 28.9 cm³/mol. The summed E-state index contributed by atoms with van der Waals surface area (Å²) in [6.45, 7) is 0. The van der Waals surface area contributed by atoms with Crippen molar-refractivity contribution in [1.82, 2.24) is 5.06 Å². The minimum Gasteiger partial charge on any atom is -0.756 e. The minimum absolute atomic E-state index is 0.0671. The summed E-state index contributed by atoms with van der Waals surface area (Å²) in [5.74, 6) is -0.192. The lowest BCUT2D eigenvalue weighted by Crippen LogP contribution is -2.20. The first-order valence-electron chi connectivity index (χ1n) is 2.66. The zero-order valence-corrected chi connectivity index (χ0v) is 4.76. The van der Waals surface area contributed by atoms with E-state index in [0.717, 1.165) is 12.8 Å². The van der Waals surface area contributed by atoms with Gasteiger partial charge in [0, 0.05) is 5.92 Å². The lowest BCUT2D eigenvalue weighted by molar-refractivity contribution is -0.128. The topological polar surface area (TPSA) is 43.4 Å². The Morgan fingerprint density at radius 1 is 1.75 bits per heavy atom. The van der Waals surface area contributed by atoms with Crippen molar-refractivity contribution in [3.05, 3.63) is 5.21 Å². The summed E-state index contributed by atoms with van der Waals surface area (Å²) in [5, 5.41) is 10.6. The van der Waals surface area contributed by atoms with Gasteiger partial charge in [0.25, 0.3) is 0 Å². The number of hydrogen-bond donors (Lipinski definition) is 0. The lowest BCUT2D eigenvalue weighted by Gasteiger charge is -2.21. The highest BCUT2D eigenvalue weighted by Crippen LogP contribution is 2.30. The van der Waals surface area contributed by atoms with E-state index in [0.29, 0.717) is 5.06 Å². The molecular formula is C5H8NO2-. The minimum atomic E-state index is -0.259. The van der Waals surface area contributed by atoms with E-state index in [4.69, 9.17) is 0 Å². The molecule has 0 atom stereocenters. The van der Waals surface area contributed by atoms with Crippen LogP contribution in [0.3, 0.4) is 0 Å². The molecule has 0 N–H and O–H groups in total. The molecule has 1 aliphatic rings. The fourth-order valence-corrected chi connectivity index (χ4v) is 0.587. The molecular weight excluding hydrogens is 106 g/mol. The van der Waals surface area contributed by atoms with Crippen molar-refractivity contribution in [2.24, 2.45) is 5.92 Å². The normalized spacial score (nSPS) is 18.2. The molecule has 0 radical (unpaired) electrons. The molecule has 1 aliphatic carbocycles. The van der Waals surface area contributed by atoms with Crippen LogP contribution in [0.5, 0.6) is 0 Å². The summed E-state index contributed by atoms with van der Waals surface area (Å²) in [4.78, 5) is 10.5. The molecule has 8 heavy (non-hydrogen) atoms. The molecule has 0 unspecified atom stereocenters. The second-order valence-corrected chi connectivity index (χ2v) is 2.11. The Morgan fingerprint density at radius 2 is 2.25 bits per heavy atom. The van der Waals surface area contributed by atoms with Crippen LogP contribution < -0.4 is 0 Å². The van der Waals surface area contributed by atoms with Crippen LogP contribution in [-0.4, -0.2) is 18.0 Å². The van der Waals surface area contributed by atoms with Gasteiger partial charge in [-0.05, 0) is 19.9 Å². The second-order valence-electron chi connectivity index (χ2n) is 2.11. The summed E-state index contributed by atoms with van der Waals surface area (Å²) >= 11 is 0. The molecule has 0 spiro atoms. The fourth-order valence-electron chi connectivity index (χ4n) is 0.587. The number of hydrogen-bond acceptors (Lipinski definition) is 2. The second kappa shape index (κ2) is 1.74. The molecule has 1 saturated carbocycles. The third kappa shape index (κ3) is 0.980. The Kier molecular flexibility index (Phi) is 1.21. The number of amides is 1. The smallest absolute Gasteiger partial charge is 0.214 e. The molecule has 0 aromatic heterocycles. The van der Waals surface area contributed by atoms with Crippen molar-refractivity contribution in [1.29, 1.82) is 0 Å². The molecule has 3 heteroatoms. The number of carbonyl (C=O) groups excluding carboxylic acids is 1. The van der Waals surface area contributed by atoms with E-state index < -0.39 is 0 Å². The predicted octanol–water partition coefficient (Wildman–Crippen LogP) is 0.353. The highest BCUT2D eigenvalue weighted by Gasteiger charge is 2.29. The van der Waals surface area contributed by atoms with Crippen molar-refractivity contribution >= 4 is 5.91 Å². The maximum atomic E-state index is 10.5. The first kappa shape index (κ1) is 5.56. The van der Waals surface area contributed by atoms with Crippen LogP contribution in [0.1, 0.15) is 12.8 Å². The SMILES string of the molecule is CN([O-])C(=O)C1CC1. The van der Waals surface area contributed by atoms with Gasteiger partial charge in [0.2, 0.25) is 5.91 Å². The molecule has 1 fully saturated rings. The van der Waals surface area contributed by atoms with Gasteiger partial charge in [-0.3, -0.25) is 4.79 Å².